The van der Waals surface area contributed by atoms with Gasteiger partial charge in [0.1, 0.15) is 0 Å². The zero-order valence-corrected chi connectivity index (χ0v) is 18.9. The van der Waals surface area contributed by atoms with E-state index in [1.54, 1.807) is 0 Å². The van der Waals surface area contributed by atoms with Gasteiger partial charge in [0.05, 0.1) is 5.02 Å². The highest BCUT2D eigenvalue weighted by Crippen LogP contribution is 2.26. The lowest BCUT2D eigenvalue weighted by Crippen LogP contribution is -1.87. The molecule has 154 valence electrons. The third-order valence-electron chi connectivity index (χ3n) is 5.44. The van der Waals surface area contributed by atoms with E-state index in [2.05, 4.69) is 80.3 Å². The first-order chi connectivity index (χ1) is 14.7. The molecule has 0 aliphatic carbocycles. The first-order valence-electron chi connectivity index (χ1n) is 11.2. The highest BCUT2D eigenvalue weighted by Gasteiger charge is 2.03. The van der Waals surface area contributed by atoms with Gasteiger partial charge in [0, 0.05) is 11.1 Å². The highest BCUT2D eigenvalue weighted by atomic mass is 35.5. The van der Waals surface area contributed by atoms with E-state index >= 15 is 0 Å². The number of halogens is 1. The normalized spacial score (nSPS) is 10.5. The lowest BCUT2D eigenvalue weighted by Gasteiger charge is -2.06. The van der Waals surface area contributed by atoms with Crippen LogP contribution >= 0.6 is 11.6 Å². The van der Waals surface area contributed by atoms with Crippen molar-refractivity contribution in [1.29, 1.82) is 0 Å². The molecule has 0 amide bonds. The van der Waals surface area contributed by atoms with E-state index in [1.807, 2.05) is 12.1 Å². The molecule has 30 heavy (non-hydrogen) atoms. The summed E-state index contributed by atoms with van der Waals surface area (Å²) in [5, 5.41) is 0.701. The van der Waals surface area contributed by atoms with Crippen LogP contribution in [0, 0.1) is 11.8 Å². The van der Waals surface area contributed by atoms with Gasteiger partial charge in [-0.15, -0.1) is 0 Å². The molecule has 3 aromatic carbocycles. The standard InChI is InChI=1S/C29H31Cl/c1-3-5-7-9-24-14-17-26(18-15-24)28-21-20-27(29(30)22-28)19-16-25-12-10-23(11-13-25)8-6-4-2/h10-15,17-18,20-22H,3-9H2,1-2H3. The molecule has 0 unspecified atom stereocenters. The molecule has 3 rings (SSSR count). The van der Waals surface area contributed by atoms with Gasteiger partial charge in [-0.2, -0.15) is 0 Å². The summed E-state index contributed by atoms with van der Waals surface area (Å²) in [5.74, 6) is 6.47. The number of rotatable bonds is 8. The molecule has 0 aliphatic rings. The Balaban J connectivity index is 1.68. The van der Waals surface area contributed by atoms with Crippen molar-refractivity contribution in [3.05, 3.63) is 94.0 Å². The second-order valence-electron chi connectivity index (χ2n) is 7.90. The minimum atomic E-state index is 0.701. The van der Waals surface area contributed by atoms with E-state index in [0.717, 1.165) is 29.5 Å². The Morgan fingerprint density at radius 1 is 0.633 bits per heavy atom. The monoisotopic (exact) mass is 414 g/mol. The first-order valence-corrected chi connectivity index (χ1v) is 11.6. The van der Waals surface area contributed by atoms with E-state index in [9.17, 15) is 0 Å². The van der Waals surface area contributed by atoms with Crippen LogP contribution in [0.25, 0.3) is 11.1 Å². The maximum atomic E-state index is 6.54. The number of benzene rings is 3. The Morgan fingerprint density at radius 2 is 1.23 bits per heavy atom. The van der Waals surface area contributed by atoms with Crippen molar-refractivity contribution < 1.29 is 0 Å². The highest BCUT2D eigenvalue weighted by molar-refractivity contribution is 6.32. The Hall–Kier alpha value is -2.49. The number of hydrogen-bond donors (Lipinski definition) is 0. The molecule has 3 aromatic rings. The third-order valence-corrected chi connectivity index (χ3v) is 5.75. The molecule has 0 radical (unpaired) electrons. The van der Waals surface area contributed by atoms with Crippen LogP contribution < -0.4 is 0 Å². The average Bonchev–Trinajstić information content (AvgIpc) is 2.78. The van der Waals surface area contributed by atoms with Crippen LogP contribution in [0.4, 0.5) is 0 Å². The lowest BCUT2D eigenvalue weighted by molar-refractivity contribution is 0.717. The number of hydrogen-bond acceptors (Lipinski definition) is 0. The van der Waals surface area contributed by atoms with E-state index in [1.165, 1.54) is 48.8 Å². The van der Waals surface area contributed by atoms with Crippen molar-refractivity contribution in [2.75, 3.05) is 0 Å². The summed E-state index contributed by atoms with van der Waals surface area (Å²) in [6, 6.07) is 23.6. The van der Waals surface area contributed by atoms with Gasteiger partial charge in [0.25, 0.3) is 0 Å². The molecule has 0 aliphatic heterocycles. The molecule has 0 spiro atoms. The average molecular weight is 415 g/mol. The van der Waals surface area contributed by atoms with Crippen molar-refractivity contribution in [3.63, 3.8) is 0 Å². The fraction of sp³-hybridized carbons (Fsp3) is 0.310. The quantitative estimate of drug-likeness (QED) is 0.256. The smallest absolute Gasteiger partial charge is 0.0568 e. The lowest BCUT2D eigenvalue weighted by atomic mass is 10.0. The van der Waals surface area contributed by atoms with Gasteiger partial charge in [-0.1, -0.05) is 99.0 Å². The van der Waals surface area contributed by atoms with Crippen molar-refractivity contribution in [1.82, 2.24) is 0 Å². The van der Waals surface area contributed by atoms with Gasteiger partial charge in [0.2, 0.25) is 0 Å². The predicted molar refractivity (Wildman–Crippen MR) is 131 cm³/mol. The van der Waals surface area contributed by atoms with Crippen LogP contribution in [0.15, 0.2) is 66.7 Å². The SMILES string of the molecule is CCCCCc1ccc(-c2ccc(C#Cc3ccc(CCCC)cc3)c(Cl)c2)cc1. The summed E-state index contributed by atoms with van der Waals surface area (Å²) in [6.45, 7) is 4.46. The molecular formula is C29H31Cl. The largest absolute Gasteiger partial charge is 0.0830 e. The summed E-state index contributed by atoms with van der Waals surface area (Å²) in [7, 11) is 0. The zero-order chi connectivity index (χ0) is 21.2. The Morgan fingerprint density at radius 3 is 1.87 bits per heavy atom. The number of unbranched alkanes of at least 4 members (excludes halogenated alkanes) is 3. The maximum absolute atomic E-state index is 6.54. The van der Waals surface area contributed by atoms with Crippen LogP contribution in [-0.4, -0.2) is 0 Å². The van der Waals surface area contributed by atoms with Gasteiger partial charge in [-0.05, 0) is 72.2 Å². The molecule has 0 nitrogen and oxygen atoms in total. The van der Waals surface area contributed by atoms with E-state index < -0.39 is 0 Å². The van der Waals surface area contributed by atoms with Gasteiger partial charge in [-0.25, -0.2) is 0 Å². The van der Waals surface area contributed by atoms with Gasteiger partial charge in [-0.3, -0.25) is 0 Å². The predicted octanol–water partition coefficient (Wildman–Crippen LogP) is 8.48. The first kappa shape index (κ1) is 22.2. The van der Waals surface area contributed by atoms with E-state index in [4.69, 9.17) is 11.6 Å². The molecule has 0 bridgehead atoms. The molecule has 0 aromatic heterocycles. The van der Waals surface area contributed by atoms with Crippen LogP contribution in [-0.2, 0) is 12.8 Å². The fourth-order valence-corrected chi connectivity index (χ4v) is 3.74. The van der Waals surface area contributed by atoms with E-state index in [-0.39, 0.29) is 0 Å². The second kappa shape index (κ2) is 11.6. The minimum absolute atomic E-state index is 0.701. The Bertz CT molecular complexity index is 985. The van der Waals surface area contributed by atoms with Crippen molar-refractivity contribution in [2.24, 2.45) is 0 Å². The van der Waals surface area contributed by atoms with Crippen LogP contribution in [0.1, 0.15) is 68.2 Å². The minimum Gasteiger partial charge on any atom is -0.0830 e. The van der Waals surface area contributed by atoms with Crippen molar-refractivity contribution in [3.8, 4) is 23.0 Å². The summed E-state index contributed by atoms with van der Waals surface area (Å²) < 4.78 is 0. The summed E-state index contributed by atoms with van der Waals surface area (Å²) in [5.41, 5.74) is 6.99. The summed E-state index contributed by atoms with van der Waals surface area (Å²) in [6.07, 6.45) is 8.56. The van der Waals surface area contributed by atoms with E-state index in [0.29, 0.717) is 5.02 Å². The molecular weight excluding hydrogens is 384 g/mol. The zero-order valence-electron chi connectivity index (χ0n) is 18.2. The Labute approximate surface area is 187 Å². The molecule has 0 N–H and O–H groups in total. The fourth-order valence-electron chi connectivity index (χ4n) is 3.51. The number of aryl methyl sites for hydroxylation is 2. The molecule has 0 fully saturated rings. The molecule has 1 heteroatoms. The maximum Gasteiger partial charge on any atom is 0.0568 e. The van der Waals surface area contributed by atoms with Crippen LogP contribution in [0.5, 0.6) is 0 Å². The topological polar surface area (TPSA) is 0 Å². The van der Waals surface area contributed by atoms with Crippen LogP contribution in [0.2, 0.25) is 5.02 Å². The van der Waals surface area contributed by atoms with Gasteiger partial charge in [0.15, 0.2) is 0 Å². The second-order valence-corrected chi connectivity index (χ2v) is 8.31. The van der Waals surface area contributed by atoms with Crippen LogP contribution in [0.3, 0.4) is 0 Å². The van der Waals surface area contributed by atoms with Gasteiger partial charge >= 0.3 is 0 Å². The van der Waals surface area contributed by atoms with Crippen molar-refractivity contribution in [2.45, 2.75) is 58.8 Å². The van der Waals surface area contributed by atoms with Gasteiger partial charge < -0.3 is 0 Å². The molecule has 0 atom stereocenters. The summed E-state index contributed by atoms with van der Waals surface area (Å²) in [4.78, 5) is 0. The summed E-state index contributed by atoms with van der Waals surface area (Å²) >= 11 is 6.54. The molecule has 0 saturated heterocycles. The molecule has 0 heterocycles. The molecule has 0 saturated carbocycles. The van der Waals surface area contributed by atoms with Crippen molar-refractivity contribution >= 4 is 11.6 Å². The third kappa shape index (κ3) is 6.51. The Kier molecular flexibility index (Phi) is 8.61.